The van der Waals surface area contributed by atoms with E-state index in [1.165, 1.54) is 0 Å². The van der Waals surface area contributed by atoms with E-state index < -0.39 is 0 Å². The van der Waals surface area contributed by atoms with Crippen LogP contribution in [0.4, 0.5) is 0 Å². The Morgan fingerprint density at radius 3 is 2.58 bits per heavy atom. The summed E-state index contributed by atoms with van der Waals surface area (Å²) in [5.41, 5.74) is 1.72. The molecule has 0 atom stereocenters. The molecule has 0 amide bonds. The molecule has 0 aliphatic carbocycles. The third kappa shape index (κ3) is 4.06. The molecule has 0 radical (unpaired) electrons. The fourth-order valence-corrected chi connectivity index (χ4v) is 2.84. The number of methoxy groups -OCH3 is 1. The van der Waals surface area contributed by atoms with Crippen molar-refractivity contribution in [3.05, 3.63) is 75.8 Å². The molecule has 0 N–H and O–H groups in total. The number of hydrogen-bond acceptors (Lipinski definition) is 4. The summed E-state index contributed by atoms with van der Waals surface area (Å²) in [5, 5.41) is 0.259. The van der Waals surface area contributed by atoms with E-state index in [0.29, 0.717) is 30.2 Å². The fraction of sp³-hybridized carbons (Fsp3) is 0.200. The van der Waals surface area contributed by atoms with Gasteiger partial charge in [-0.2, -0.15) is 0 Å². The van der Waals surface area contributed by atoms with Crippen molar-refractivity contribution in [3.8, 4) is 22.8 Å². The predicted molar refractivity (Wildman–Crippen MR) is 102 cm³/mol. The predicted octanol–water partition coefficient (Wildman–Crippen LogP) is 4.02. The van der Waals surface area contributed by atoms with Crippen LogP contribution in [0.25, 0.3) is 11.3 Å². The number of hydrogen-bond donors (Lipinski definition) is 0. The van der Waals surface area contributed by atoms with Gasteiger partial charge >= 0.3 is 0 Å². The van der Waals surface area contributed by atoms with E-state index in [2.05, 4.69) is 4.98 Å². The SMILES string of the molecule is CCOc1cccc(-c2nc(Cl)cn(Cc3ccc(OC)cc3)c2=O)c1. The van der Waals surface area contributed by atoms with Crippen molar-refractivity contribution in [1.82, 2.24) is 9.55 Å². The van der Waals surface area contributed by atoms with Crippen molar-refractivity contribution in [2.24, 2.45) is 0 Å². The van der Waals surface area contributed by atoms with Crippen molar-refractivity contribution >= 4 is 11.6 Å². The van der Waals surface area contributed by atoms with Crippen LogP contribution in [0.5, 0.6) is 11.5 Å². The van der Waals surface area contributed by atoms with Gasteiger partial charge in [-0.05, 0) is 36.8 Å². The van der Waals surface area contributed by atoms with Gasteiger partial charge in [0, 0.05) is 11.8 Å². The lowest BCUT2D eigenvalue weighted by Crippen LogP contribution is -2.23. The highest BCUT2D eigenvalue weighted by atomic mass is 35.5. The molecular formula is C20H19ClN2O3. The summed E-state index contributed by atoms with van der Waals surface area (Å²) in [6.07, 6.45) is 1.55. The summed E-state index contributed by atoms with van der Waals surface area (Å²) >= 11 is 6.16. The molecule has 0 aliphatic heterocycles. The van der Waals surface area contributed by atoms with Gasteiger partial charge in [0.05, 0.1) is 20.3 Å². The van der Waals surface area contributed by atoms with E-state index in [-0.39, 0.29) is 10.7 Å². The van der Waals surface area contributed by atoms with Crippen LogP contribution in [-0.4, -0.2) is 23.3 Å². The Kier molecular flexibility index (Phi) is 5.58. The van der Waals surface area contributed by atoms with Crippen LogP contribution in [0.3, 0.4) is 0 Å². The molecule has 0 bridgehead atoms. The largest absolute Gasteiger partial charge is 0.497 e. The van der Waals surface area contributed by atoms with Gasteiger partial charge in [0.15, 0.2) is 0 Å². The molecule has 0 aliphatic rings. The van der Waals surface area contributed by atoms with Gasteiger partial charge in [0.1, 0.15) is 22.3 Å². The number of ether oxygens (including phenoxy) is 2. The first-order valence-corrected chi connectivity index (χ1v) is 8.61. The summed E-state index contributed by atoms with van der Waals surface area (Å²) in [4.78, 5) is 17.1. The van der Waals surface area contributed by atoms with Crippen LogP contribution in [0.2, 0.25) is 5.15 Å². The summed E-state index contributed by atoms with van der Waals surface area (Å²) in [7, 11) is 1.62. The first-order chi connectivity index (χ1) is 12.6. The Labute approximate surface area is 156 Å². The minimum Gasteiger partial charge on any atom is -0.497 e. The van der Waals surface area contributed by atoms with Gasteiger partial charge in [-0.25, -0.2) is 4.98 Å². The van der Waals surface area contributed by atoms with Crippen LogP contribution in [0, 0.1) is 0 Å². The molecule has 2 aromatic carbocycles. The van der Waals surface area contributed by atoms with Crippen molar-refractivity contribution < 1.29 is 9.47 Å². The highest BCUT2D eigenvalue weighted by Crippen LogP contribution is 2.21. The number of aromatic nitrogens is 2. The Morgan fingerprint density at radius 2 is 1.88 bits per heavy atom. The van der Waals surface area contributed by atoms with Gasteiger partial charge in [-0.3, -0.25) is 4.79 Å². The lowest BCUT2D eigenvalue weighted by atomic mass is 10.1. The second-order valence-electron chi connectivity index (χ2n) is 5.65. The monoisotopic (exact) mass is 370 g/mol. The van der Waals surface area contributed by atoms with E-state index in [1.807, 2.05) is 49.4 Å². The maximum atomic E-state index is 12.9. The van der Waals surface area contributed by atoms with E-state index in [9.17, 15) is 4.79 Å². The molecule has 0 spiro atoms. The standard InChI is InChI=1S/C20H19ClN2O3/c1-3-26-17-6-4-5-15(11-17)19-20(24)23(13-18(21)22-19)12-14-7-9-16(25-2)10-8-14/h4-11,13H,3,12H2,1-2H3. The van der Waals surface area contributed by atoms with Crippen molar-refractivity contribution in [2.75, 3.05) is 13.7 Å². The fourth-order valence-electron chi connectivity index (χ4n) is 2.64. The molecule has 0 unspecified atom stereocenters. The highest BCUT2D eigenvalue weighted by molar-refractivity contribution is 6.29. The molecule has 0 fully saturated rings. The quantitative estimate of drug-likeness (QED) is 0.657. The molecule has 1 aromatic heterocycles. The van der Waals surface area contributed by atoms with Crippen LogP contribution in [0.1, 0.15) is 12.5 Å². The van der Waals surface area contributed by atoms with E-state index in [1.54, 1.807) is 23.9 Å². The second kappa shape index (κ2) is 8.06. The van der Waals surface area contributed by atoms with Gasteiger partial charge < -0.3 is 14.0 Å². The summed E-state index contributed by atoms with van der Waals surface area (Å²) in [6, 6.07) is 14.8. The number of rotatable bonds is 6. The second-order valence-corrected chi connectivity index (χ2v) is 6.04. The van der Waals surface area contributed by atoms with Crippen LogP contribution >= 0.6 is 11.6 Å². The zero-order valence-electron chi connectivity index (χ0n) is 14.6. The summed E-state index contributed by atoms with van der Waals surface area (Å²) in [6.45, 7) is 2.85. The zero-order valence-corrected chi connectivity index (χ0v) is 15.4. The lowest BCUT2D eigenvalue weighted by Gasteiger charge is -2.10. The van der Waals surface area contributed by atoms with Gasteiger partial charge in [0.25, 0.3) is 5.56 Å². The molecule has 3 rings (SSSR count). The van der Waals surface area contributed by atoms with Crippen molar-refractivity contribution in [1.29, 1.82) is 0 Å². The van der Waals surface area contributed by atoms with Crippen LogP contribution < -0.4 is 15.0 Å². The maximum absolute atomic E-state index is 12.9. The van der Waals surface area contributed by atoms with E-state index in [0.717, 1.165) is 11.3 Å². The molecule has 6 heteroatoms. The van der Waals surface area contributed by atoms with E-state index >= 15 is 0 Å². The highest BCUT2D eigenvalue weighted by Gasteiger charge is 2.12. The lowest BCUT2D eigenvalue weighted by molar-refractivity contribution is 0.340. The van der Waals surface area contributed by atoms with E-state index in [4.69, 9.17) is 21.1 Å². The summed E-state index contributed by atoms with van der Waals surface area (Å²) < 4.78 is 12.2. The smallest absolute Gasteiger partial charge is 0.277 e. The zero-order chi connectivity index (χ0) is 18.5. The Balaban J connectivity index is 1.98. The molecule has 0 saturated carbocycles. The van der Waals surface area contributed by atoms with Gasteiger partial charge in [-0.15, -0.1) is 0 Å². The van der Waals surface area contributed by atoms with Gasteiger partial charge in [0.2, 0.25) is 0 Å². The molecule has 3 aromatic rings. The molecule has 26 heavy (non-hydrogen) atoms. The molecule has 0 saturated heterocycles. The Morgan fingerprint density at radius 1 is 1.12 bits per heavy atom. The molecule has 1 heterocycles. The van der Waals surface area contributed by atoms with Crippen molar-refractivity contribution in [2.45, 2.75) is 13.5 Å². The topological polar surface area (TPSA) is 53.4 Å². The average Bonchev–Trinajstić information content (AvgIpc) is 2.65. The van der Waals surface area contributed by atoms with Gasteiger partial charge in [-0.1, -0.05) is 35.9 Å². The molecular weight excluding hydrogens is 352 g/mol. The van der Waals surface area contributed by atoms with Crippen LogP contribution in [-0.2, 0) is 6.54 Å². The maximum Gasteiger partial charge on any atom is 0.277 e. The molecule has 134 valence electrons. The third-order valence-corrected chi connectivity index (χ3v) is 4.06. The first kappa shape index (κ1) is 18.0. The Hall–Kier alpha value is -2.79. The number of nitrogens with zero attached hydrogens (tertiary/aromatic N) is 2. The van der Waals surface area contributed by atoms with Crippen LogP contribution in [0.15, 0.2) is 59.5 Å². The van der Waals surface area contributed by atoms with Crippen molar-refractivity contribution in [3.63, 3.8) is 0 Å². The normalized spacial score (nSPS) is 10.6. The third-order valence-electron chi connectivity index (χ3n) is 3.87. The molecule has 5 nitrogen and oxygen atoms in total. The Bertz CT molecular complexity index is 952. The first-order valence-electron chi connectivity index (χ1n) is 8.24. The minimum absolute atomic E-state index is 0.209. The number of halogens is 1. The minimum atomic E-state index is -0.209. The number of benzene rings is 2. The summed E-state index contributed by atoms with van der Waals surface area (Å²) in [5.74, 6) is 1.45. The average molecular weight is 371 g/mol.